The first-order chi connectivity index (χ1) is 15.6. The minimum atomic E-state index is -0.301. The van der Waals surface area contributed by atoms with Gasteiger partial charge in [0.15, 0.2) is 0 Å². The fourth-order valence-electron chi connectivity index (χ4n) is 4.10. The van der Waals surface area contributed by atoms with E-state index in [0.717, 1.165) is 32.2 Å². The van der Waals surface area contributed by atoms with Crippen LogP contribution in [0, 0.1) is 11.7 Å². The quantitative estimate of drug-likeness (QED) is 0.572. The molecule has 1 saturated heterocycles. The Kier molecular flexibility index (Phi) is 7.27. The van der Waals surface area contributed by atoms with Crippen LogP contribution in [0.5, 0.6) is 0 Å². The summed E-state index contributed by atoms with van der Waals surface area (Å²) in [6.07, 6.45) is 3.71. The third-order valence-electron chi connectivity index (χ3n) is 5.90. The normalized spacial score (nSPS) is 17.8. The summed E-state index contributed by atoms with van der Waals surface area (Å²) in [5, 5.41) is 7.19. The zero-order valence-electron chi connectivity index (χ0n) is 18.3. The number of piperidine rings is 1. The standard InChI is InChI=1S/C25H29FN4O2/c1-18(9-10-19-6-3-2-4-7-19)27-25(31)21-8-5-15-30(16-21)17-23-28-24(29-32-23)20-11-13-22(26)14-12-20/h2-4,6-7,11-14,18,21H,5,8-10,15-17H2,1H3,(H,27,31). The molecule has 2 aromatic carbocycles. The fraction of sp³-hybridized carbons (Fsp3) is 0.400. The Morgan fingerprint density at radius 1 is 1.22 bits per heavy atom. The highest BCUT2D eigenvalue weighted by Crippen LogP contribution is 2.21. The molecule has 0 spiro atoms. The number of hydrogen-bond acceptors (Lipinski definition) is 5. The zero-order valence-corrected chi connectivity index (χ0v) is 18.3. The Labute approximate surface area is 187 Å². The number of aryl methyl sites for hydroxylation is 1. The summed E-state index contributed by atoms with van der Waals surface area (Å²) < 4.78 is 18.5. The van der Waals surface area contributed by atoms with Crippen molar-refractivity contribution in [3.05, 3.63) is 71.9 Å². The minimum absolute atomic E-state index is 0.0394. The van der Waals surface area contributed by atoms with Crippen molar-refractivity contribution in [3.8, 4) is 11.4 Å². The van der Waals surface area contributed by atoms with Crippen LogP contribution in [-0.4, -0.2) is 40.1 Å². The van der Waals surface area contributed by atoms with Crippen molar-refractivity contribution in [2.24, 2.45) is 5.92 Å². The molecule has 2 atom stereocenters. The maximum Gasteiger partial charge on any atom is 0.241 e. The first kappa shape index (κ1) is 22.1. The molecule has 2 heterocycles. The Balaban J connectivity index is 1.26. The van der Waals surface area contributed by atoms with Crippen LogP contribution in [0.15, 0.2) is 59.1 Å². The lowest BCUT2D eigenvalue weighted by atomic mass is 9.96. The van der Waals surface area contributed by atoms with Gasteiger partial charge >= 0.3 is 0 Å². The second-order valence-electron chi connectivity index (χ2n) is 8.53. The first-order valence-corrected chi connectivity index (χ1v) is 11.2. The highest BCUT2D eigenvalue weighted by molar-refractivity contribution is 5.79. The smallest absolute Gasteiger partial charge is 0.241 e. The average molecular weight is 437 g/mol. The van der Waals surface area contributed by atoms with Gasteiger partial charge < -0.3 is 9.84 Å². The molecule has 1 aliphatic heterocycles. The largest absolute Gasteiger partial charge is 0.353 e. The molecular formula is C25H29FN4O2. The molecule has 1 N–H and O–H groups in total. The number of nitrogens with zero attached hydrogens (tertiary/aromatic N) is 3. The van der Waals surface area contributed by atoms with Crippen molar-refractivity contribution in [2.45, 2.75) is 45.2 Å². The van der Waals surface area contributed by atoms with Gasteiger partial charge in [0, 0.05) is 18.2 Å². The molecule has 1 aliphatic rings. The maximum atomic E-state index is 13.1. The lowest BCUT2D eigenvalue weighted by Gasteiger charge is -2.31. The van der Waals surface area contributed by atoms with Crippen LogP contribution in [-0.2, 0) is 17.8 Å². The van der Waals surface area contributed by atoms with E-state index in [0.29, 0.717) is 30.4 Å². The van der Waals surface area contributed by atoms with E-state index in [1.807, 2.05) is 18.2 Å². The lowest BCUT2D eigenvalue weighted by molar-refractivity contribution is -0.127. The second-order valence-corrected chi connectivity index (χ2v) is 8.53. The van der Waals surface area contributed by atoms with E-state index in [2.05, 4.69) is 39.4 Å². The third kappa shape index (κ3) is 6.01. The minimum Gasteiger partial charge on any atom is -0.353 e. The molecule has 168 valence electrons. The van der Waals surface area contributed by atoms with Crippen LogP contribution in [0.4, 0.5) is 4.39 Å². The van der Waals surface area contributed by atoms with Gasteiger partial charge in [-0.3, -0.25) is 9.69 Å². The van der Waals surface area contributed by atoms with Gasteiger partial charge in [-0.1, -0.05) is 35.5 Å². The molecule has 0 aliphatic carbocycles. The molecule has 7 heteroatoms. The van der Waals surface area contributed by atoms with Crippen molar-refractivity contribution in [3.63, 3.8) is 0 Å². The van der Waals surface area contributed by atoms with Gasteiger partial charge in [0.1, 0.15) is 5.82 Å². The van der Waals surface area contributed by atoms with E-state index < -0.39 is 0 Å². The molecule has 3 aromatic rings. The van der Waals surface area contributed by atoms with Crippen molar-refractivity contribution in [2.75, 3.05) is 13.1 Å². The van der Waals surface area contributed by atoms with Crippen molar-refractivity contribution < 1.29 is 13.7 Å². The van der Waals surface area contributed by atoms with E-state index in [9.17, 15) is 9.18 Å². The van der Waals surface area contributed by atoms with Crippen LogP contribution in [0.2, 0.25) is 0 Å². The summed E-state index contributed by atoms with van der Waals surface area (Å²) in [4.78, 5) is 19.4. The SMILES string of the molecule is CC(CCc1ccccc1)NC(=O)C1CCCN(Cc2nc(-c3ccc(F)cc3)no2)C1. The Bertz CT molecular complexity index is 1010. The second kappa shape index (κ2) is 10.5. The highest BCUT2D eigenvalue weighted by Gasteiger charge is 2.27. The van der Waals surface area contributed by atoms with Crippen LogP contribution in [0.1, 0.15) is 37.6 Å². The van der Waals surface area contributed by atoms with Gasteiger partial charge in [-0.25, -0.2) is 4.39 Å². The van der Waals surface area contributed by atoms with E-state index in [1.54, 1.807) is 12.1 Å². The average Bonchev–Trinajstić information content (AvgIpc) is 3.27. The molecule has 4 rings (SSSR count). The Hall–Kier alpha value is -3.06. The third-order valence-corrected chi connectivity index (χ3v) is 5.90. The lowest BCUT2D eigenvalue weighted by Crippen LogP contribution is -2.45. The van der Waals surface area contributed by atoms with Crippen LogP contribution >= 0.6 is 0 Å². The molecule has 0 bridgehead atoms. The van der Waals surface area contributed by atoms with E-state index >= 15 is 0 Å². The summed E-state index contributed by atoms with van der Waals surface area (Å²) in [7, 11) is 0. The predicted octanol–water partition coefficient (Wildman–Crippen LogP) is 4.23. The van der Waals surface area contributed by atoms with Crippen molar-refractivity contribution in [1.29, 1.82) is 0 Å². The van der Waals surface area contributed by atoms with Crippen molar-refractivity contribution >= 4 is 5.91 Å². The number of aromatic nitrogens is 2. The van der Waals surface area contributed by atoms with Gasteiger partial charge in [0.05, 0.1) is 12.5 Å². The number of carbonyl (C=O) groups is 1. The Morgan fingerprint density at radius 3 is 2.78 bits per heavy atom. The van der Waals surface area contributed by atoms with Gasteiger partial charge in [0.2, 0.25) is 17.6 Å². The zero-order chi connectivity index (χ0) is 22.3. The number of hydrogen-bond donors (Lipinski definition) is 1. The monoisotopic (exact) mass is 436 g/mol. The Morgan fingerprint density at radius 2 is 2.00 bits per heavy atom. The topological polar surface area (TPSA) is 71.3 Å². The number of amides is 1. The van der Waals surface area contributed by atoms with E-state index in [4.69, 9.17) is 4.52 Å². The van der Waals surface area contributed by atoms with Crippen LogP contribution < -0.4 is 5.32 Å². The van der Waals surface area contributed by atoms with Crippen molar-refractivity contribution in [1.82, 2.24) is 20.4 Å². The number of rotatable bonds is 8. The van der Waals surface area contributed by atoms with E-state index in [-0.39, 0.29) is 23.7 Å². The number of benzene rings is 2. The maximum absolute atomic E-state index is 13.1. The van der Waals surface area contributed by atoms with Gasteiger partial charge in [-0.05, 0) is 69.0 Å². The molecule has 1 amide bonds. The summed E-state index contributed by atoms with van der Waals surface area (Å²) in [5.41, 5.74) is 2.00. The number of carbonyl (C=O) groups excluding carboxylic acids is 1. The number of halogens is 1. The van der Waals surface area contributed by atoms with Crippen LogP contribution in [0.3, 0.4) is 0 Å². The molecule has 0 radical (unpaired) electrons. The predicted molar refractivity (Wildman–Crippen MR) is 120 cm³/mol. The summed E-state index contributed by atoms with van der Waals surface area (Å²) in [6.45, 7) is 4.13. The molecule has 0 saturated carbocycles. The van der Waals surface area contributed by atoms with Gasteiger partial charge in [-0.2, -0.15) is 4.98 Å². The molecule has 32 heavy (non-hydrogen) atoms. The fourth-order valence-corrected chi connectivity index (χ4v) is 4.10. The number of likely N-dealkylation sites (tertiary alicyclic amines) is 1. The van der Waals surface area contributed by atoms with Gasteiger partial charge in [-0.15, -0.1) is 0 Å². The number of nitrogens with one attached hydrogen (secondary N) is 1. The summed E-state index contributed by atoms with van der Waals surface area (Å²) in [6, 6.07) is 16.5. The molecule has 6 nitrogen and oxygen atoms in total. The molecule has 2 unspecified atom stereocenters. The highest BCUT2D eigenvalue weighted by atomic mass is 19.1. The molecule has 1 fully saturated rings. The summed E-state index contributed by atoms with van der Waals surface area (Å²) in [5.74, 6) is 0.722. The van der Waals surface area contributed by atoms with Gasteiger partial charge in [0.25, 0.3) is 0 Å². The molecule has 1 aromatic heterocycles. The summed E-state index contributed by atoms with van der Waals surface area (Å²) >= 11 is 0. The van der Waals surface area contributed by atoms with Crippen LogP contribution in [0.25, 0.3) is 11.4 Å². The van der Waals surface area contributed by atoms with E-state index in [1.165, 1.54) is 17.7 Å². The first-order valence-electron chi connectivity index (χ1n) is 11.2. The molecular weight excluding hydrogens is 407 g/mol.